The molecule has 0 fully saturated rings. The number of guanidine groups is 1. The third kappa shape index (κ3) is 3.48. The molecule has 0 aliphatic carbocycles. The van der Waals surface area contributed by atoms with Gasteiger partial charge < -0.3 is 15.5 Å². The van der Waals surface area contributed by atoms with Crippen LogP contribution >= 0.6 is 0 Å². The van der Waals surface area contributed by atoms with Gasteiger partial charge in [-0.1, -0.05) is 18.2 Å². The Balaban J connectivity index is 1.60. The maximum absolute atomic E-state index is 12.0. The molecular formula is C17H19N5O. The summed E-state index contributed by atoms with van der Waals surface area (Å²) in [6.45, 7) is 1.02. The van der Waals surface area contributed by atoms with Crippen LogP contribution in [0.1, 0.15) is 5.56 Å². The van der Waals surface area contributed by atoms with Crippen molar-refractivity contribution >= 4 is 23.2 Å². The molecule has 2 N–H and O–H groups in total. The number of aliphatic imine (C=N–C) groups is 1. The molecule has 0 saturated heterocycles. The number of pyridine rings is 1. The lowest BCUT2D eigenvalue weighted by Gasteiger charge is -2.22. The van der Waals surface area contributed by atoms with Crippen LogP contribution in [-0.4, -0.2) is 37.0 Å². The molecule has 1 aromatic heterocycles. The first-order chi connectivity index (χ1) is 11.3. The highest BCUT2D eigenvalue weighted by molar-refractivity contribution is 6.01. The van der Waals surface area contributed by atoms with Crippen molar-refractivity contribution in [1.29, 1.82) is 0 Å². The number of fused-ring (bicyclic) bond motifs is 1. The SMILES string of the molecule is CN=C(NCC(=O)Nc1cccnc1)N1CCc2ccccc21. The first-order valence-corrected chi connectivity index (χ1v) is 7.54. The Hall–Kier alpha value is -2.89. The first kappa shape index (κ1) is 15.0. The highest BCUT2D eigenvalue weighted by Gasteiger charge is 2.22. The summed E-state index contributed by atoms with van der Waals surface area (Å²) in [4.78, 5) is 22.4. The van der Waals surface area contributed by atoms with Gasteiger partial charge in [-0.25, -0.2) is 0 Å². The van der Waals surface area contributed by atoms with E-state index in [0.717, 1.165) is 18.7 Å². The molecular weight excluding hydrogens is 290 g/mol. The van der Waals surface area contributed by atoms with E-state index in [9.17, 15) is 4.79 Å². The second-order valence-electron chi connectivity index (χ2n) is 5.22. The summed E-state index contributed by atoms with van der Waals surface area (Å²) in [7, 11) is 1.72. The summed E-state index contributed by atoms with van der Waals surface area (Å²) in [5.74, 6) is 0.572. The van der Waals surface area contributed by atoms with Gasteiger partial charge in [0.1, 0.15) is 0 Å². The van der Waals surface area contributed by atoms with Gasteiger partial charge in [0.05, 0.1) is 18.4 Å². The number of nitrogens with zero attached hydrogens (tertiary/aromatic N) is 3. The molecule has 3 rings (SSSR count). The summed E-state index contributed by atoms with van der Waals surface area (Å²) >= 11 is 0. The van der Waals surface area contributed by atoms with Gasteiger partial charge >= 0.3 is 0 Å². The predicted octanol–water partition coefficient (Wildman–Crippen LogP) is 1.66. The third-order valence-electron chi connectivity index (χ3n) is 3.71. The highest BCUT2D eigenvalue weighted by atomic mass is 16.1. The summed E-state index contributed by atoms with van der Waals surface area (Å²) in [5, 5.41) is 5.91. The van der Waals surface area contributed by atoms with Crippen LogP contribution in [0.5, 0.6) is 0 Å². The van der Waals surface area contributed by atoms with Crippen molar-refractivity contribution in [3.63, 3.8) is 0 Å². The quantitative estimate of drug-likeness (QED) is 0.668. The smallest absolute Gasteiger partial charge is 0.243 e. The van der Waals surface area contributed by atoms with E-state index >= 15 is 0 Å². The van der Waals surface area contributed by atoms with Crippen molar-refractivity contribution in [2.75, 3.05) is 30.4 Å². The Morgan fingerprint density at radius 1 is 1.30 bits per heavy atom. The second-order valence-corrected chi connectivity index (χ2v) is 5.22. The predicted molar refractivity (Wildman–Crippen MR) is 91.7 cm³/mol. The zero-order chi connectivity index (χ0) is 16.1. The lowest BCUT2D eigenvalue weighted by molar-refractivity contribution is -0.115. The Labute approximate surface area is 135 Å². The maximum Gasteiger partial charge on any atom is 0.243 e. The van der Waals surface area contributed by atoms with E-state index in [4.69, 9.17) is 0 Å². The van der Waals surface area contributed by atoms with Crippen molar-refractivity contribution < 1.29 is 4.79 Å². The van der Waals surface area contributed by atoms with Gasteiger partial charge in [-0.15, -0.1) is 0 Å². The standard InChI is InChI=1S/C17H19N5O/c1-18-17(22-10-8-13-5-2-3-7-15(13)22)20-12-16(23)21-14-6-4-9-19-11-14/h2-7,9,11H,8,10,12H2,1H3,(H,18,20)(H,21,23). The van der Waals surface area contributed by atoms with E-state index in [1.54, 1.807) is 31.6 Å². The van der Waals surface area contributed by atoms with Crippen LogP contribution in [0.3, 0.4) is 0 Å². The van der Waals surface area contributed by atoms with Crippen LogP contribution in [0.15, 0.2) is 53.8 Å². The number of nitrogens with one attached hydrogen (secondary N) is 2. The molecule has 1 amide bonds. The van der Waals surface area contributed by atoms with E-state index in [2.05, 4.69) is 37.6 Å². The molecule has 2 heterocycles. The van der Waals surface area contributed by atoms with Gasteiger partial charge in [0.2, 0.25) is 5.91 Å². The van der Waals surface area contributed by atoms with Crippen LogP contribution in [0.2, 0.25) is 0 Å². The molecule has 6 nitrogen and oxygen atoms in total. The number of carbonyl (C=O) groups excluding carboxylic acids is 1. The minimum absolute atomic E-state index is 0.133. The monoisotopic (exact) mass is 309 g/mol. The summed E-state index contributed by atoms with van der Waals surface area (Å²) in [5.41, 5.74) is 3.13. The normalized spacial score (nSPS) is 13.6. The molecule has 0 atom stereocenters. The molecule has 23 heavy (non-hydrogen) atoms. The fourth-order valence-electron chi connectivity index (χ4n) is 2.65. The molecule has 1 aliphatic heterocycles. The van der Waals surface area contributed by atoms with Crippen LogP contribution < -0.4 is 15.5 Å². The molecule has 118 valence electrons. The van der Waals surface area contributed by atoms with E-state index in [1.807, 2.05) is 12.1 Å². The van der Waals surface area contributed by atoms with Crippen LogP contribution in [0.4, 0.5) is 11.4 Å². The molecule has 0 bridgehead atoms. The summed E-state index contributed by atoms with van der Waals surface area (Å²) in [6, 6.07) is 11.8. The summed E-state index contributed by atoms with van der Waals surface area (Å²) < 4.78 is 0. The Morgan fingerprint density at radius 2 is 2.17 bits per heavy atom. The van der Waals surface area contributed by atoms with Crippen molar-refractivity contribution in [2.45, 2.75) is 6.42 Å². The van der Waals surface area contributed by atoms with Crippen molar-refractivity contribution in [2.24, 2.45) is 4.99 Å². The molecule has 6 heteroatoms. The minimum atomic E-state index is -0.133. The molecule has 0 spiro atoms. The number of amides is 1. The Morgan fingerprint density at radius 3 is 2.96 bits per heavy atom. The zero-order valence-corrected chi connectivity index (χ0v) is 13.0. The van der Waals surface area contributed by atoms with E-state index in [0.29, 0.717) is 11.6 Å². The molecule has 1 aliphatic rings. The first-order valence-electron chi connectivity index (χ1n) is 7.54. The zero-order valence-electron chi connectivity index (χ0n) is 13.0. The van der Waals surface area contributed by atoms with Crippen molar-refractivity contribution in [3.8, 4) is 0 Å². The van der Waals surface area contributed by atoms with Crippen molar-refractivity contribution in [3.05, 3.63) is 54.4 Å². The number of para-hydroxylation sites is 1. The highest BCUT2D eigenvalue weighted by Crippen LogP contribution is 2.27. The Kier molecular flexibility index (Phi) is 4.52. The number of carbonyl (C=O) groups is 1. The number of rotatable bonds is 3. The van der Waals surface area contributed by atoms with E-state index < -0.39 is 0 Å². The largest absolute Gasteiger partial charge is 0.347 e. The van der Waals surface area contributed by atoms with Crippen LogP contribution in [0.25, 0.3) is 0 Å². The van der Waals surface area contributed by atoms with Crippen LogP contribution in [0, 0.1) is 0 Å². The fraction of sp³-hybridized carbons (Fsp3) is 0.235. The molecule has 0 saturated carbocycles. The molecule has 1 aromatic carbocycles. The minimum Gasteiger partial charge on any atom is -0.347 e. The number of benzene rings is 1. The van der Waals surface area contributed by atoms with E-state index in [-0.39, 0.29) is 12.5 Å². The number of anilines is 2. The lowest BCUT2D eigenvalue weighted by atomic mass is 10.2. The lowest BCUT2D eigenvalue weighted by Crippen LogP contribution is -2.43. The van der Waals surface area contributed by atoms with Crippen molar-refractivity contribution in [1.82, 2.24) is 10.3 Å². The van der Waals surface area contributed by atoms with Gasteiger partial charge in [-0.2, -0.15) is 0 Å². The van der Waals surface area contributed by atoms with Crippen LogP contribution in [-0.2, 0) is 11.2 Å². The Bertz CT molecular complexity index is 714. The average molecular weight is 309 g/mol. The molecule has 0 unspecified atom stereocenters. The number of hydrogen-bond acceptors (Lipinski definition) is 3. The topological polar surface area (TPSA) is 69.6 Å². The van der Waals surface area contributed by atoms with Gasteiger partial charge in [0.15, 0.2) is 5.96 Å². The van der Waals surface area contributed by atoms with Gasteiger partial charge in [-0.3, -0.25) is 14.8 Å². The van der Waals surface area contributed by atoms with Gasteiger partial charge in [0, 0.05) is 25.5 Å². The number of hydrogen-bond donors (Lipinski definition) is 2. The fourth-order valence-corrected chi connectivity index (χ4v) is 2.65. The van der Waals surface area contributed by atoms with E-state index in [1.165, 1.54) is 5.56 Å². The van der Waals surface area contributed by atoms with Gasteiger partial charge in [-0.05, 0) is 30.2 Å². The second kappa shape index (κ2) is 6.91. The summed E-state index contributed by atoms with van der Waals surface area (Å²) in [6.07, 6.45) is 4.27. The molecule has 0 radical (unpaired) electrons. The molecule has 2 aromatic rings. The number of aromatic nitrogens is 1. The maximum atomic E-state index is 12.0. The third-order valence-corrected chi connectivity index (χ3v) is 3.71. The van der Waals surface area contributed by atoms with Gasteiger partial charge in [0.25, 0.3) is 0 Å². The average Bonchev–Trinajstić information content (AvgIpc) is 3.01.